The fourth-order valence-electron chi connectivity index (χ4n) is 4.68. The van der Waals surface area contributed by atoms with Gasteiger partial charge in [-0.1, -0.05) is 36.4 Å². The number of benzene rings is 2. The van der Waals surface area contributed by atoms with Crippen molar-refractivity contribution in [2.24, 2.45) is 0 Å². The molecular weight excluding hydrogens is 448 g/mol. The Morgan fingerprint density at radius 1 is 0.833 bits per heavy atom. The van der Waals surface area contributed by atoms with Crippen molar-refractivity contribution in [3.05, 3.63) is 84.9 Å². The van der Waals surface area contributed by atoms with Gasteiger partial charge in [0.05, 0.1) is 22.8 Å². The summed E-state index contributed by atoms with van der Waals surface area (Å²) in [5.74, 6) is 2.15. The number of piperidine rings is 1. The maximum atomic E-state index is 4.85. The van der Waals surface area contributed by atoms with Gasteiger partial charge in [0.2, 0.25) is 11.9 Å². The lowest BCUT2D eigenvalue weighted by molar-refractivity contribution is 0.568. The number of nitrogens with zero attached hydrogens (tertiary/aromatic N) is 7. The molecule has 4 heterocycles. The van der Waals surface area contributed by atoms with E-state index >= 15 is 0 Å². The normalized spacial score (nSPS) is 14.6. The molecule has 2 aromatic carbocycles. The van der Waals surface area contributed by atoms with Crippen LogP contribution in [0.15, 0.2) is 79.4 Å². The van der Waals surface area contributed by atoms with E-state index in [2.05, 4.69) is 62.4 Å². The summed E-state index contributed by atoms with van der Waals surface area (Å²) in [5, 5.41) is 3.40. The highest BCUT2D eigenvalue weighted by Gasteiger charge is 2.15. The van der Waals surface area contributed by atoms with Crippen molar-refractivity contribution in [3.63, 3.8) is 0 Å². The molecule has 1 saturated heterocycles. The van der Waals surface area contributed by atoms with Gasteiger partial charge < -0.3 is 10.2 Å². The summed E-state index contributed by atoms with van der Waals surface area (Å²) in [4.78, 5) is 25.5. The average Bonchev–Trinajstić information content (AvgIpc) is 3.38. The van der Waals surface area contributed by atoms with Crippen molar-refractivity contribution in [1.82, 2.24) is 29.5 Å². The van der Waals surface area contributed by atoms with Gasteiger partial charge in [-0.15, -0.1) is 0 Å². The van der Waals surface area contributed by atoms with E-state index in [0.29, 0.717) is 5.95 Å². The molecule has 36 heavy (non-hydrogen) atoms. The van der Waals surface area contributed by atoms with Crippen LogP contribution >= 0.6 is 0 Å². The first-order chi connectivity index (χ1) is 17.7. The van der Waals surface area contributed by atoms with Crippen molar-refractivity contribution in [2.45, 2.75) is 32.2 Å². The number of imidazole rings is 1. The number of anilines is 2. The molecule has 1 atom stereocenters. The fourth-order valence-corrected chi connectivity index (χ4v) is 4.68. The Hall–Kier alpha value is -4.33. The monoisotopic (exact) mass is 476 g/mol. The van der Waals surface area contributed by atoms with E-state index in [1.54, 1.807) is 12.5 Å². The van der Waals surface area contributed by atoms with Crippen LogP contribution < -0.4 is 10.2 Å². The fraction of sp³-hybridized carbons (Fsp3) is 0.250. The second-order valence-electron chi connectivity index (χ2n) is 9.12. The van der Waals surface area contributed by atoms with Gasteiger partial charge in [-0.3, -0.25) is 4.57 Å². The van der Waals surface area contributed by atoms with Crippen molar-refractivity contribution in [2.75, 3.05) is 23.3 Å². The summed E-state index contributed by atoms with van der Waals surface area (Å²) in [6, 6.07) is 20.4. The lowest BCUT2D eigenvalue weighted by Crippen LogP contribution is -2.30. The minimum Gasteiger partial charge on any atom is -0.348 e. The Labute approximate surface area is 210 Å². The van der Waals surface area contributed by atoms with E-state index in [1.807, 2.05) is 41.1 Å². The van der Waals surface area contributed by atoms with Gasteiger partial charge >= 0.3 is 0 Å². The van der Waals surface area contributed by atoms with Crippen molar-refractivity contribution in [1.29, 1.82) is 0 Å². The number of nitrogens with one attached hydrogen (secondary N) is 1. The number of fused-ring (bicyclic) bond motifs is 1. The van der Waals surface area contributed by atoms with Crippen molar-refractivity contribution < 1.29 is 0 Å². The number of hydrogen-bond acceptors (Lipinski definition) is 7. The Bertz CT molecular complexity index is 1470. The predicted octanol–water partition coefficient (Wildman–Crippen LogP) is 5.44. The molecule has 1 N–H and O–H groups in total. The maximum Gasteiger partial charge on any atom is 0.225 e. The molecule has 5 aromatic rings. The van der Waals surface area contributed by atoms with Crippen LogP contribution in [0.4, 0.5) is 11.9 Å². The zero-order valence-electron chi connectivity index (χ0n) is 20.2. The van der Waals surface area contributed by atoms with E-state index < -0.39 is 0 Å². The van der Waals surface area contributed by atoms with Crippen LogP contribution in [0.5, 0.6) is 0 Å². The molecule has 1 fully saturated rings. The molecule has 0 saturated carbocycles. The van der Waals surface area contributed by atoms with Crippen LogP contribution in [0.1, 0.15) is 37.8 Å². The second kappa shape index (κ2) is 9.73. The molecule has 0 spiro atoms. The second-order valence-corrected chi connectivity index (χ2v) is 9.12. The van der Waals surface area contributed by atoms with Crippen molar-refractivity contribution >= 4 is 22.9 Å². The Morgan fingerprint density at radius 3 is 2.53 bits per heavy atom. The topological polar surface area (TPSA) is 84.7 Å². The Balaban J connectivity index is 1.26. The van der Waals surface area contributed by atoms with Crippen molar-refractivity contribution in [3.8, 4) is 17.1 Å². The highest BCUT2D eigenvalue weighted by Crippen LogP contribution is 2.26. The largest absolute Gasteiger partial charge is 0.348 e. The van der Waals surface area contributed by atoms with Gasteiger partial charge in [0.15, 0.2) is 0 Å². The first-order valence-corrected chi connectivity index (χ1v) is 12.4. The molecule has 8 heteroatoms. The van der Waals surface area contributed by atoms with E-state index in [4.69, 9.17) is 9.97 Å². The first-order valence-electron chi connectivity index (χ1n) is 12.4. The SMILES string of the molecule is C[C@H](Nc1nccc(-n2cnc3cc(-c4ccnc(N5CCCCC5)n4)ccc32)n1)c1ccccc1. The Morgan fingerprint density at radius 2 is 1.67 bits per heavy atom. The lowest BCUT2D eigenvalue weighted by atomic mass is 10.1. The van der Waals surface area contributed by atoms with Crippen LogP contribution in [-0.4, -0.2) is 42.6 Å². The molecule has 6 rings (SSSR count). The molecule has 0 amide bonds. The average molecular weight is 477 g/mol. The van der Waals surface area contributed by atoms with Gasteiger partial charge in [0, 0.05) is 31.0 Å². The molecule has 0 radical (unpaired) electrons. The molecule has 8 nitrogen and oxygen atoms in total. The molecular formula is C28H28N8. The number of aromatic nitrogens is 6. The van der Waals surface area contributed by atoms with Gasteiger partial charge in [-0.2, -0.15) is 4.98 Å². The zero-order chi connectivity index (χ0) is 24.3. The minimum absolute atomic E-state index is 0.0891. The van der Waals surface area contributed by atoms with E-state index in [-0.39, 0.29) is 6.04 Å². The summed E-state index contributed by atoms with van der Waals surface area (Å²) in [7, 11) is 0. The number of hydrogen-bond donors (Lipinski definition) is 1. The Kier molecular flexibility index (Phi) is 5.99. The van der Waals surface area contributed by atoms with Crippen LogP contribution in [0, 0.1) is 0 Å². The van der Waals surface area contributed by atoms with Crippen LogP contribution in [0.2, 0.25) is 0 Å². The third-order valence-corrected chi connectivity index (χ3v) is 6.66. The van der Waals surface area contributed by atoms with E-state index in [9.17, 15) is 0 Å². The van der Waals surface area contributed by atoms with Crippen LogP contribution in [0.3, 0.4) is 0 Å². The summed E-state index contributed by atoms with van der Waals surface area (Å²) in [6.45, 7) is 4.14. The molecule has 0 bridgehead atoms. The van der Waals surface area contributed by atoms with Gasteiger partial charge in [-0.25, -0.2) is 19.9 Å². The van der Waals surface area contributed by atoms with Crippen LogP contribution in [0.25, 0.3) is 28.1 Å². The molecule has 3 aromatic heterocycles. The van der Waals surface area contributed by atoms with E-state index in [1.165, 1.54) is 24.8 Å². The molecule has 0 aliphatic carbocycles. The third-order valence-electron chi connectivity index (χ3n) is 6.66. The molecule has 0 unspecified atom stereocenters. The summed E-state index contributed by atoms with van der Waals surface area (Å²) >= 11 is 0. The maximum absolute atomic E-state index is 4.85. The van der Waals surface area contributed by atoms with Crippen LogP contribution in [-0.2, 0) is 0 Å². The highest BCUT2D eigenvalue weighted by atomic mass is 15.2. The molecule has 180 valence electrons. The van der Waals surface area contributed by atoms with Gasteiger partial charge in [0.1, 0.15) is 12.1 Å². The van der Waals surface area contributed by atoms with E-state index in [0.717, 1.165) is 47.1 Å². The third kappa shape index (κ3) is 4.49. The van der Waals surface area contributed by atoms with Gasteiger partial charge in [0.25, 0.3) is 0 Å². The minimum atomic E-state index is 0.0891. The predicted molar refractivity (Wildman–Crippen MR) is 142 cm³/mol. The highest BCUT2D eigenvalue weighted by molar-refractivity contribution is 5.82. The lowest BCUT2D eigenvalue weighted by Gasteiger charge is -2.26. The molecule has 1 aliphatic heterocycles. The quantitative estimate of drug-likeness (QED) is 0.349. The summed E-state index contributed by atoms with van der Waals surface area (Å²) in [5.41, 5.74) is 4.97. The summed E-state index contributed by atoms with van der Waals surface area (Å²) < 4.78 is 1.98. The zero-order valence-corrected chi connectivity index (χ0v) is 20.2. The smallest absolute Gasteiger partial charge is 0.225 e. The molecule has 1 aliphatic rings. The standard InChI is InChI=1S/C28H28N8/c1-20(21-8-4-2-5-9-21)32-27-29-15-13-26(34-27)36-19-31-24-18-22(10-11-25(24)36)23-12-14-30-28(33-23)35-16-6-3-7-17-35/h2,4-5,8-15,18-20H,3,6-7,16-17H2,1H3,(H,29,32,34)/t20-/m0/s1. The summed E-state index contributed by atoms with van der Waals surface area (Å²) in [6.07, 6.45) is 9.10. The first kappa shape index (κ1) is 22.2. The number of rotatable bonds is 6. The van der Waals surface area contributed by atoms with Gasteiger partial charge in [-0.05, 0) is 56.0 Å².